The first kappa shape index (κ1) is 17.5. The Kier molecular flexibility index (Phi) is 6.15. The number of rotatable bonds is 7. The molecular formula is C16H22N2O4S. The Balaban J connectivity index is 1.77. The average molecular weight is 338 g/mol. The van der Waals surface area contributed by atoms with Crippen molar-refractivity contribution in [3.8, 4) is 5.75 Å². The zero-order chi connectivity index (χ0) is 16.8. The van der Waals surface area contributed by atoms with E-state index in [0.29, 0.717) is 25.3 Å². The lowest BCUT2D eigenvalue weighted by Crippen LogP contribution is -2.60. The molecule has 2 rings (SSSR count). The van der Waals surface area contributed by atoms with Crippen molar-refractivity contribution in [1.29, 1.82) is 0 Å². The predicted octanol–water partition coefficient (Wildman–Crippen LogP) is 1.97. The SMILES string of the molecule is CSCC[C@@H](NC(=O)N1CC(Oc2cccc(C)c2)C1)C(=O)O. The van der Waals surface area contributed by atoms with Gasteiger partial charge in [0, 0.05) is 0 Å². The monoisotopic (exact) mass is 338 g/mol. The van der Waals surface area contributed by atoms with Gasteiger partial charge in [-0.15, -0.1) is 0 Å². The normalized spacial score (nSPS) is 15.7. The van der Waals surface area contributed by atoms with Crippen LogP contribution in [0.5, 0.6) is 5.75 Å². The van der Waals surface area contributed by atoms with Gasteiger partial charge in [-0.3, -0.25) is 0 Å². The van der Waals surface area contributed by atoms with Gasteiger partial charge in [-0.2, -0.15) is 11.8 Å². The van der Waals surface area contributed by atoms with E-state index in [1.807, 2.05) is 37.4 Å². The highest BCUT2D eigenvalue weighted by Gasteiger charge is 2.34. The number of carboxylic acid groups (broad SMARTS) is 1. The number of benzene rings is 1. The molecule has 0 unspecified atom stereocenters. The first-order chi connectivity index (χ1) is 11.0. The smallest absolute Gasteiger partial charge is 0.326 e. The lowest BCUT2D eigenvalue weighted by molar-refractivity contribution is -0.139. The molecule has 0 aromatic heterocycles. The van der Waals surface area contributed by atoms with Gasteiger partial charge in [-0.05, 0) is 43.0 Å². The first-order valence-electron chi connectivity index (χ1n) is 7.50. The van der Waals surface area contributed by atoms with Crippen LogP contribution in [0.15, 0.2) is 24.3 Å². The number of thioether (sulfide) groups is 1. The van der Waals surface area contributed by atoms with Gasteiger partial charge < -0.3 is 20.1 Å². The third-order valence-electron chi connectivity index (χ3n) is 3.63. The number of aryl methyl sites for hydroxylation is 1. The number of amides is 2. The Morgan fingerprint density at radius 1 is 1.48 bits per heavy atom. The number of aliphatic carboxylic acids is 1. The average Bonchev–Trinajstić information content (AvgIpc) is 2.46. The van der Waals surface area contributed by atoms with E-state index in [4.69, 9.17) is 9.84 Å². The molecule has 2 N–H and O–H groups in total. The predicted molar refractivity (Wildman–Crippen MR) is 90.1 cm³/mol. The van der Waals surface area contributed by atoms with Crippen LogP contribution < -0.4 is 10.1 Å². The van der Waals surface area contributed by atoms with Crippen molar-refractivity contribution in [3.05, 3.63) is 29.8 Å². The second-order valence-corrected chi connectivity index (χ2v) is 6.57. The van der Waals surface area contributed by atoms with Crippen molar-refractivity contribution < 1.29 is 19.4 Å². The van der Waals surface area contributed by atoms with E-state index < -0.39 is 12.0 Å². The maximum atomic E-state index is 12.0. The molecular weight excluding hydrogens is 316 g/mol. The van der Waals surface area contributed by atoms with Crippen molar-refractivity contribution in [2.75, 3.05) is 25.1 Å². The summed E-state index contributed by atoms with van der Waals surface area (Å²) < 4.78 is 5.79. The van der Waals surface area contributed by atoms with E-state index in [1.165, 1.54) is 0 Å². The lowest BCUT2D eigenvalue weighted by Gasteiger charge is -2.39. The van der Waals surface area contributed by atoms with Crippen LogP contribution in [0.3, 0.4) is 0 Å². The van der Waals surface area contributed by atoms with Crippen LogP contribution in [0.1, 0.15) is 12.0 Å². The van der Waals surface area contributed by atoms with Crippen molar-refractivity contribution in [2.24, 2.45) is 0 Å². The molecule has 1 aromatic rings. The summed E-state index contributed by atoms with van der Waals surface area (Å²) in [6.07, 6.45) is 2.28. The minimum Gasteiger partial charge on any atom is -0.487 e. The Bertz CT molecular complexity index is 561. The van der Waals surface area contributed by atoms with Crippen LogP contribution in [-0.4, -0.2) is 59.3 Å². The fourth-order valence-electron chi connectivity index (χ4n) is 2.29. The summed E-state index contributed by atoms with van der Waals surface area (Å²) in [5.41, 5.74) is 1.12. The Morgan fingerprint density at radius 3 is 2.83 bits per heavy atom. The van der Waals surface area contributed by atoms with Crippen LogP contribution in [0.2, 0.25) is 0 Å². The highest BCUT2D eigenvalue weighted by atomic mass is 32.2. The van der Waals surface area contributed by atoms with E-state index in [9.17, 15) is 9.59 Å². The summed E-state index contributed by atoms with van der Waals surface area (Å²) in [7, 11) is 0. The van der Waals surface area contributed by atoms with E-state index in [1.54, 1.807) is 16.7 Å². The Labute approximate surface area is 140 Å². The molecule has 0 bridgehead atoms. The highest BCUT2D eigenvalue weighted by Crippen LogP contribution is 2.19. The number of nitrogens with one attached hydrogen (secondary N) is 1. The molecule has 1 fully saturated rings. The number of urea groups is 1. The third-order valence-corrected chi connectivity index (χ3v) is 4.28. The maximum absolute atomic E-state index is 12.0. The topological polar surface area (TPSA) is 78.9 Å². The van der Waals surface area contributed by atoms with E-state index in [-0.39, 0.29) is 12.1 Å². The van der Waals surface area contributed by atoms with Crippen LogP contribution >= 0.6 is 11.8 Å². The number of carboxylic acids is 1. The fraction of sp³-hybridized carbons (Fsp3) is 0.500. The summed E-state index contributed by atoms with van der Waals surface area (Å²) >= 11 is 1.56. The van der Waals surface area contributed by atoms with Gasteiger partial charge in [0.2, 0.25) is 0 Å². The number of nitrogens with zero attached hydrogens (tertiary/aromatic N) is 1. The molecule has 1 aliphatic rings. The molecule has 2 amide bonds. The number of hydrogen-bond donors (Lipinski definition) is 2. The van der Waals surface area contributed by atoms with E-state index in [2.05, 4.69) is 5.32 Å². The molecule has 0 saturated carbocycles. The number of ether oxygens (including phenoxy) is 1. The summed E-state index contributed by atoms with van der Waals surface area (Å²) in [6, 6.07) is 6.57. The molecule has 7 heteroatoms. The highest BCUT2D eigenvalue weighted by molar-refractivity contribution is 7.98. The number of carbonyl (C=O) groups excluding carboxylic acids is 1. The zero-order valence-corrected chi connectivity index (χ0v) is 14.1. The third kappa shape index (κ3) is 5.06. The standard InChI is InChI=1S/C16H22N2O4S/c1-11-4-3-5-12(8-11)22-13-9-18(10-13)16(21)17-14(15(19)20)6-7-23-2/h3-5,8,13-14H,6-7,9-10H2,1-2H3,(H,17,21)(H,19,20)/t14-/m1/s1. The minimum absolute atomic E-state index is 0.0444. The van der Waals surface area contributed by atoms with Gasteiger partial charge >= 0.3 is 12.0 Å². The summed E-state index contributed by atoms with van der Waals surface area (Å²) in [6.45, 7) is 2.93. The largest absolute Gasteiger partial charge is 0.487 e. The number of carbonyl (C=O) groups is 2. The zero-order valence-electron chi connectivity index (χ0n) is 13.3. The molecule has 1 atom stereocenters. The molecule has 1 aliphatic heterocycles. The molecule has 23 heavy (non-hydrogen) atoms. The maximum Gasteiger partial charge on any atom is 0.326 e. The van der Waals surface area contributed by atoms with Crippen LogP contribution in [0.25, 0.3) is 0 Å². The fourth-order valence-corrected chi connectivity index (χ4v) is 2.76. The van der Waals surface area contributed by atoms with Gasteiger partial charge in [0.15, 0.2) is 0 Å². The van der Waals surface area contributed by atoms with Crippen molar-refractivity contribution >= 4 is 23.8 Å². The van der Waals surface area contributed by atoms with Gasteiger partial charge in [-0.25, -0.2) is 9.59 Å². The van der Waals surface area contributed by atoms with Gasteiger partial charge in [-0.1, -0.05) is 12.1 Å². The quantitative estimate of drug-likeness (QED) is 0.795. The summed E-state index contributed by atoms with van der Waals surface area (Å²) in [5.74, 6) is 0.481. The second-order valence-electron chi connectivity index (χ2n) is 5.58. The molecule has 126 valence electrons. The van der Waals surface area contributed by atoms with Crippen molar-refractivity contribution in [3.63, 3.8) is 0 Å². The van der Waals surface area contributed by atoms with E-state index in [0.717, 1.165) is 11.3 Å². The van der Waals surface area contributed by atoms with Crippen LogP contribution in [0.4, 0.5) is 4.79 Å². The first-order valence-corrected chi connectivity index (χ1v) is 8.89. The second kappa shape index (κ2) is 8.10. The molecule has 1 aromatic carbocycles. The molecule has 0 spiro atoms. The summed E-state index contributed by atoms with van der Waals surface area (Å²) in [5, 5.41) is 11.7. The van der Waals surface area contributed by atoms with Crippen molar-refractivity contribution in [1.82, 2.24) is 10.2 Å². The van der Waals surface area contributed by atoms with E-state index >= 15 is 0 Å². The molecule has 1 saturated heterocycles. The number of likely N-dealkylation sites (tertiary alicyclic amines) is 1. The Hall–Kier alpha value is -1.89. The summed E-state index contributed by atoms with van der Waals surface area (Å²) in [4.78, 5) is 24.7. The molecule has 0 aliphatic carbocycles. The van der Waals surface area contributed by atoms with Gasteiger partial charge in [0.1, 0.15) is 17.9 Å². The van der Waals surface area contributed by atoms with Gasteiger partial charge in [0.25, 0.3) is 0 Å². The molecule has 0 radical (unpaired) electrons. The van der Waals surface area contributed by atoms with Gasteiger partial charge in [0.05, 0.1) is 13.1 Å². The van der Waals surface area contributed by atoms with Crippen LogP contribution in [0, 0.1) is 6.92 Å². The van der Waals surface area contributed by atoms with Crippen LogP contribution in [-0.2, 0) is 4.79 Å². The molecule has 6 nitrogen and oxygen atoms in total. The number of hydrogen-bond acceptors (Lipinski definition) is 4. The lowest BCUT2D eigenvalue weighted by atomic mass is 10.1. The Morgan fingerprint density at radius 2 is 2.22 bits per heavy atom. The van der Waals surface area contributed by atoms with Crippen molar-refractivity contribution in [2.45, 2.75) is 25.5 Å². The molecule has 1 heterocycles. The minimum atomic E-state index is -1.000.